The van der Waals surface area contributed by atoms with Gasteiger partial charge in [0, 0.05) is 25.4 Å². The fraction of sp³-hybridized carbons (Fsp3) is 0.318. The van der Waals surface area contributed by atoms with Gasteiger partial charge in [0.15, 0.2) is 5.16 Å². The summed E-state index contributed by atoms with van der Waals surface area (Å²) in [5.41, 5.74) is 2.25. The quantitative estimate of drug-likeness (QED) is 0.491. The number of ether oxygens (including phenoxy) is 1. The van der Waals surface area contributed by atoms with Crippen LogP contribution in [0.15, 0.2) is 58.6 Å². The topological polar surface area (TPSA) is 97.6 Å². The normalized spacial score (nSPS) is 17.4. The van der Waals surface area contributed by atoms with Crippen molar-refractivity contribution in [2.45, 2.75) is 17.0 Å². The van der Waals surface area contributed by atoms with Crippen LogP contribution in [0, 0.1) is 6.92 Å². The van der Waals surface area contributed by atoms with Crippen molar-refractivity contribution in [2.24, 2.45) is 0 Å². The molecule has 1 amide bonds. The second-order valence-corrected chi connectivity index (χ2v) is 10.6. The highest BCUT2D eigenvalue weighted by Gasteiger charge is 2.40. The van der Waals surface area contributed by atoms with Crippen LogP contribution >= 0.6 is 11.8 Å². The van der Waals surface area contributed by atoms with E-state index in [0.717, 1.165) is 21.5 Å². The predicted octanol–water partition coefficient (Wildman–Crippen LogP) is 2.35. The molecule has 0 aliphatic carbocycles. The minimum Gasteiger partial charge on any atom is -0.378 e. The maximum Gasteiger partial charge on any atom is 0.269 e. The van der Waals surface area contributed by atoms with Crippen molar-refractivity contribution in [3.8, 4) is 5.69 Å². The number of sulfonamides is 1. The van der Waals surface area contributed by atoms with E-state index in [1.165, 1.54) is 17.8 Å². The summed E-state index contributed by atoms with van der Waals surface area (Å²) >= 11 is 1.38. The van der Waals surface area contributed by atoms with Crippen molar-refractivity contribution in [1.82, 2.24) is 19.1 Å². The molecule has 0 saturated carbocycles. The number of para-hydroxylation sites is 1. The Balaban J connectivity index is 1.40. The van der Waals surface area contributed by atoms with Gasteiger partial charge in [-0.05, 0) is 30.7 Å². The largest absolute Gasteiger partial charge is 0.378 e. The number of aryl methyl sites for hydroxylation is 1. The molecule has 172 valence electrons. The van der Waals surface area contributed by atoms with Gasteiger partial charge >= 0.3 is 0 Å². The Hall–Kier alpha value is -2.89. The number of anilines is 1. The fourth-order valence-corrected chi connectivity index (χ4v) is 6.57. The molecule has 3 heterocycles. The zero-order chi connectivity index (χ0) is 23.0. The summed E-state index contributed by atoms with van der Waals surface area (Å²) in [6.07, 6.45) is 0. The summed E-state index contributed by atoms with van der Waals surface area (Å²) in [6.45, 7) is 4.76. The van der Waals surface area contributed by atoms with Crippen molar-refractivity contribution >= 4 is 33.6 Å². The standard InChI is InChI=1S/C22H23N5O4S2/c1-16-6-2-4-8-18(16)27-21(25-10-13-31-14-11-25)23-24-22(27)32-15-12-26-20(28)17-7-3-5-9-19(17)33(26,29)30/h2-9H,10-15H2,1H3. The van der Waals surface area contributed by atoms with Gasteiger partial charge in [-0.1, -0.05) is 42.1 Å². The van der Waals surface area contributed by atoms with E-state index in [1.54, 1.807) is 18.2 Å². The van der Waals surface area contributed by atoms with Gasteiger partial charge in [0.1, 0.15) is 4.90 Å². The molecule has 0 spiro atoms. The van der Waals surface area contributed by atoms with E-state index >= 15 is 0 Å². The Bertz CT molecular complexity index is 1300. The molecule has 0 N–H and O–H groups in total. The van der Waals surface area contributed by atoms with Crippen LogP contribution in [0.1, 0.15) is 15.9 Å². The van der Waals surface area contributed by atoms with Crippen LogP contribution in [-0.2, 0) is 14.8 Å². The van der Waals surface area contributed by atoms with Gasteiger partial charge in [0.05, 0.1) is 24.5 Å². The van der Waals surface area contributed by atoms with E-state index in [0.29, 0.717) is 37.2 Å². The molecule has 2 aliphatic rings. The Morgan fingerprint density at radius 2 is 1.76 bits per heavy atom. The van der Waals surface area contributed by atoms with Crippen molar-refractivity contribution in [2.75, 3.05) is 43.5 Å². The van der Waals surface area contributed by atoms with Crippen molar-refractivity contribution in [3.05, 3.63) is 59.7 Å². The van der Waals surface area contributed by atoms with Crippen molar-refractivity contribution in [1.29, 1.82) is 0 Å². The van der Waals surface area contributed by atoms with Crippen molar-refractivity contribution in [3.63, 3.8) is 0 Å². The number of aromatic nitrogens is 3. The summed E-state index contributed by atoms with van der Waals surface area (Å²) in [6, 6.07) is 14.3. The van der Waals surface area contributed by atoms with Gasteiger partial charge in [0.25, 0.3) is 15.9 Å². The second kappa shape index (κ2) is 8.81. The number of rotatable bonds is 6. The van der Waals surface area contributed by atoms with Gasteiger partial charge < -0.3 is 9.64 Å². The first-order valence-corrected chi connectivity index (χ1v) is 13.0. The maximum atomic E-state index is 12.8. The zero-order valence-electron chi connectivity index (χ0n) is 18.0. The van der Waals surface area contributed by atoms with E-state index in [4.69, 9.17) is 4.74 Å². The molecular formula is C22H23N5O4S2. The van der Waals surface area contributed by atoms with Gasteiger partial charge in [-0.3, -0.25) is 9.36 Å². The number of nitrogens with zero attached hydrogens (tertiary/aromatic N) is 5. The molecule has 0 bridgehead atoms. The number of carbonyl (C=O) groups is 1. The minimum absolute atomic E-state index is 0.0496. The molecule has 11 heteroatoms. The number of thioether (sulfide) groups is 1. The van der Waals surface area contributed by atoms with Crippen LogP contribution in [0.4, 0.5) is 5.95 Å². The van der Waals surface area contributed by atoms with Crippen LogP contribution in [0.2, 0.25) is 0 Å². The van der Waals surface area contributed by atoms with Crippen LogP contribution in [0.3, 0.4) is 0 Å². The SMILES string of the molecule is Cc1ccccc1-n1c(SCCN2C(=O)c3ccccc3S2(=O)=O)nnc1N1CCOCC1. The molecule has 2 aliphatic heterocycles. The maximum absolute atomic E-state index is 12.8. The summed E-state index contributed by atoms with van der Waals surface area (Å²) in [5.74, 6) is 0.597. The first-order chi connectivity index (χ1) is 16.0. The Morgan fingerprint density at radius 3 is 2.52 bits per heavy atom. The number of hydrogen-bond acceptors (Lipinski definition) is 8. The number of carbonyl (C=O) groups excluding carboxylic acids is 1. The Labute approximate surface area is 196 Å². The molecule has 33 heavy (non-hydrogen) atoms. The summed E-state index contributed by atoms with van der Waals surface area (Å²) in [4.78, 5) is 14.9. The van der Waals surface area contributed by atoms with Gasteiger partial charge in [-0.15, -0.1) is 10.2 Å². The molecule has 0 atom stereocenters. The smallest absolute Gasteiger partial charge is 0.269 e. The zero-order valence-corrected chi connectivity index (χ0v) is 19.7. The highest BCUT2D eigenvalue weighted by atomic mass is 32.2. The first-order valence-electron chi connectivity index (χ1n) is 10.6. The lowest BCUT2D eigenvalue weighted by molar-refractivity contribution is 0.0876. The van der Waals surface area contributed by atoms with Gasteiger partial charge in [-0.2, -0.15) is 0 Å². The highest BCUT2D eigenvalue weighted by Crippen LogP contribution is 2.32. The van der Waals surface area contributed by atoms with Gasteiger partial charge in [0.2, 0.25) is 5.95 Å². The Kier molecular flexibility index (Phi) is 5.85. The lowest BCUT2D eigenvalue weighted by Gasteiger charge is -2.28. The van der Waals surface area contributed by atoms with E-state index < -0.39 is 15.9 Å². The predicted molar refractivity (Wildman–Crippen MR) is 125 cm³/mol. The van der Waals surface area contributed by atoms with Crippen LogP contribution in [0.25, 0.3) is 5.69 Å². The van der Waals surface area contributed by atoms with E-state index in [1.807, 2.05) is 35.8 Å². The summed E-state index contributed by atoms with van der Waals surface area (Å²) in [5, 5.41) is 9.50. The van der Waals surface area contributed by atoms with Crippen molar-refractivity contribution < 1.29 is 17.9 Å². The van der Waals surface area contributed by atoms with E-state index in [2.05, 4.69) is 15.1 Å². The molecule has 2 aromatic carbocycles. The van der Waals surface area contributed by atoms with Gasteiger partial charge in [-0.25, -0.2) is 12.7 Å². The Morgan fingerprint density at radius 1 is 1.03 bits per heavy atom. The highest BCUT2D eigenvalue weighted by molar-refractivity contribution is 7.99. The monoisotopic (exact) mass is 485 g/mol. The molecule has 1 fully saturated rings. The third kappa shape index (κ3) is 3.90. The summed E-state index contributed by atoms with van der Waals surface area (Å²) < 4.78 is 34.1. The number of hydrogen-bond donors (Lipinski definition) is 0. The van der Waals surface area contributed by atoms with E-state index in [-0.39, 0.29) is 17.0 Å². The summed E-state index contributed by atoms with van der Waals surface area (Å²) in [7, 11) is -3.83. The molecule has 1 saturated heterocycles. The third-order valence-electron chi connectivity index (χ3n) is 5.70. The number of amides is 1. The minimum atomic E-state index is -3.83. The average Bonchev–Trinajstić information content (AvgIpc) is 3.33. The second-order valence-electron chi connectivity index (χ2n) is 7.73. The molecule has 9 nitrogen and oxygen atoms in total. The number of fused-ring (bicyclic) bond motifs is 1. The molecule has 5 rings (SSSR count). The number of morpholine rings is 1. The lowest BCUT2D eigenvalue weighted by atomic mass is 10.2. The third-order valence-corrected chi connectivity index (χ3v) is 8.45. The molecule has 3 aromatic rings. The van der Waals surface area contributed by atoms with Crippen LogP contribution in [0.5, 0.6) is 0 Å². The first kappa shape index (κ1) is 21.9. The molecule has 0 radical (unpaired) electrons. The average molecular weight is 486 g/mol. The van der Waals surface area contributed by atoms with Crippen LogP contribution < -0.4 is 4.90 Å². The molecule has 1 aromatic heterocycles. The van der Waals surface area contributed by atoms with Crippen LogP contribution in [-0.4, -0.2) is 72.0 Å². The molecule has 0 unspecified atom stereocenters. The fourth-order valence-electron chi connectivity index (χ4n) is 4.02. The lowest BCUT2D eigenvalue weighted by Crippen LogP contribution is -2.38. The number of benzene rings is 2. The van der Waals surface area contributed by atoms with E-state index in [9.17, 15) is 13.2 Å². The molecular weight excluding hydrogens is 462 g/mol.